The molecule has 210 valence electrons. The predicted molar refractivity (Wildman–Crippen MR) is 154 cm³/mol. The third kappa shape index (κ3) is 5.64. The Morgan fingerprint density at radius 3 is 2.62 bits per heavy atom. The molecule has 0 bridgehead atoms. The van der Waals surface area contributed by atoms with Gasteiger partial charge in [-0.3, -0.25) is 9.36 Å². The molecule has 0 spiro atoms. The topological polar surface area (TPSA) is 112 Å². The van der Waals surface area contributed by atoms with Gasteiger partial charge in [-0.25, -0.2) is 4.98 Å². The Bertz CT molecular complexity index is 1590. The number of hydrogen-bond acceptors (Lipinski definition) is 9. The van der Waals surface area contributed by atoms with Crippen LogP contribution in [0.3, 0.4) is 0 Å². The Hall–Kier alpha value is -3.25. The summed E-state index contributed by atoms with van der Waals surface area (Å²) in [5.74, 6) is 0.868. The summed E-state index contributed by atoms with van der Waals surface area (Å²) in [6.07, 6.45) is -2.62. The van der Waals surface area contributed by atoms with Crippen LogP contribution >= 0.6 is 22.9 Å². The van der Waals surface area contributed by atoms with Gasteiger partial charge in [0.2, 0.25) is 0 Å². The maximum atomic E-state index is 13.4. The monoisotopic (exact) mass is 584 g/mol. The van der Waals surface area contributed by atoms with E-state index in [1.54, 1.807) is 32.0 Å². The number of aromatic nitrogens is 2. The van der Waals surface area contributed by atoms with Crippen molar-refractivity contribution in [3.63, 3.8) is 0 Å². The molecule has 3 heterocycles. The Morgan fingerprint density at radius 1 is 1.15 bits per heavy atom. The van der Waals surface area contributed by atoms with Crippen molar-refractivity contribution in [1.82, 2.24) is 9.55 Å². The second-order valence-electron chi connectivity index (χ2n) is 9.52. The summed E-state index contributed by atoms with van der Waals surface area (Å²) in [5.41, 5.74) is 2.21. The minimum Gasteiger partial charge on any atom is -0.493 e. The summed E-state index contributed by atoms with van der Waals surface area (Å²) in [7, 11) is 1.51. The molecular formula is C29H29ClN2O7S. The lowest BCUT2D eigenvalue weighted by atomic mass is 9.98. The van der Waals surface area contributed by atoms with Crippen molar-refractivity contribution < 1.29 is 29.2 Å². The van der Waals surface area contributed by atoms with Gasteiger partial charge in [-0.05, 0) is 55.3 Å². The van der Waals surface area contributed by atoms with Crippen LogP contribution in [0.15, 0.2) is 71.8 Å². The Morgan fingerprint density at radius 2 is 1.90 bits per heavy atom. The first kappa shape index (κ1) is 28.3. The fourth-order valence-electron chi connectivity index (χ4n) is 4.37. The van der Waals surface area contributed by atoms with Crippen LogP contribution in [0.1, 0.15) is 13.8 Å². The fourth-order valence-corrected chi connectivity index (χ4v) is 5.54. The molecule has 1 saturated heterocycles. The molecule has 5 atom stereocenters. The fraction of sp³-hybridized carbons (Fsp3) is 0.310. The molecule has 11 heteroatoms. The van der Waals surface area contributed by atoms with Gasteiger partial charge in [-0.2, -0.15) is 0 Å². The average Bonchev–Trinajstić information content (AvgIpc) is 3.39. The first-order chi connectivity index (χ1) is 19.2. The van der Waals surface area contributed by atoms with E-state index in [-0.39, 0.29) is 17.7 Å². The molecule has 1 unspecified atom stereocenters. The second kappa shape index (κ2) is 11.7. The maximum Gasteiger partial charge on any atom is 0.275 e. The first-order valence-electron chi connectivity index (χ1n) is 12.6. The van der Waals surface area contributed by atoms with E-state index in [1.165, 1.54) is 29.3 Å². The number of benzene rings is 2. The Labute approximate surface area is 239 Å². The number of halogens is 1. The third-order valence-electron chi connectivity index (χ3n) is 6.64. The van der Waals surface area contributed by atoms with E-state index in [0.717, 1.165) is 10.4 Å². The molecule has 0 saturated carbocycles. The molecule has 1 aliphatic heterocycles. The largest absolute Gasteiger partial charge is 0.493 e. The molecule has 2 aromatic carbocycles. The van der Waals surface area contributed by atoms with Gasteiger partial charge in [0.15, 0.2) is 17.8 Å². The lowest BCUT2D eigenvalue weighted by Crippen LogP contribution is -2.50. The quantitative estimate of drug-likeness (QED) is 0.289. The number of aliphatic hydroxyl groups excluding tert-OH is 2. The number of aliphatic hydroxyl groups is 2. The first-order valence-corrected chi connectivity index (χ1v) is 13.8. The second-order valence-corrected chi connectivity index (χ2v) is 11.0. The van der Waals surface area contributed by atoms with E-state index in [1.807, 2.05) is 30.3 Å². The summed E-state index contributed by atoms with van der Waals surface area (Å²) in [6.45, 7) is 7.32. The van der Waals surface area contributed by atoms with Crippen molar-refractivity contribution in [1.29, 1.82) is 0 Å². The standard InChI is InChI=1S/C29H29ClN2O7S/c1-15(38-29-26(34)16(2)25(33)17(3)39-29)13-37-22-10-9-20(11-23(22)36-4)32-14-31-21-12-24(40-27(21)28(32)35)18-5-7-19(30)8-6-18/h5-12,14-15,17,25-26,29,33-34H,2,13H2,1,3-4H3/t15?,17-,25+,26-,29+/m1/s1. The molecule has 40 heavy (non-hydrogen) atoms. The highest BCUT2D eigenvalue weighted by molar-refractivity contribution is 7.22. The average molecular weight is 585 g/mol. The van der Waals surface area contributed by atoms with E-state index < -0.39 is 30.7 Å². The smallest absolute Gasteiger partial charge is 0.275 e. The summed E-state index contributed by atoms with van der Waals surface area (Å²) in [5, 5.41) is 21.0. The number of fused-ring (bicyclic) bond motifs is 1. The molecule has 2 N–H and O–H groups in total. The predicted octanol–water partition coefficient (Wildman–Crippen LogP) is 4.58. The van der Waals surface area contributed by atoms with Gasteiger partial charge in [0.25, 0.3) is 5.56 Å². The van der Waals surface area contributed by atoms with Gasteiger partial charge in [-0.15, -0.1) is 11.3 Å². The van der Waals surface area contributed by atoms with Crippen LogP contribution in [0.5, 0.6) is 11.5 Å². The molecule has 4 aromatic rings. The molecule has 0 radical (unpaired) electrons. The maximum absolute atomic E-state index is 13.4. The molecule has 0 amide bonds. The van der Waals surface area contributed by atoms with Crippen LogP contribution in [-0.4, -0.2) is 64.2 Å². The van der Waals surface area contributed by atoms with E-state index in [2.05, 4.69) is 11.6 Å². The van der Waals surface area contributed by atoms with E-state index in [4.69, 9.17) is 30.5 Å². The summed E-state index contributed by atoms with van der Waals surface area (Å²) in [4.78, 5) is 18.8. The van der Waals surface area contributed by atoms with Gasteiger partial charge in [0.1, 0.15) is 29.8 Å². The summed E-state index contributed by atoms with van der Waals surface area (Å²) < 4.78 is 24.8. The van der Waals surface area contributed by atoms with Crippen LogP contribution in [0.2, 0.25) is 5.02 Å². The number of methoxy groups -OCH3 is 1. The lowest BCUT2D eigenvalue weighted by molar-refractivity contribution is -0.256. The number of nitrogens with zero attached hydrogens (tertiary/aromatic N) is 2. The van der Waals surface area contributed by atoms with Crippen molar-refractivity contribution in [2.75, 3.05) is 13.7 Å². The van der Waals surface area contributed by atoms with Crippen LogP contribution in [0.4, 0.5) is 0 Å². The van der Waals surface area contributed by atoms with Gasteiger partial charge >= 0.3 is 0 Å². The van der Waals surface area contributed by atoms with Crippen LogP contribution < -0.4 is 15.0 Å². The zero-order valence-corrected chi connectivity index (χ0v) is 23.7. The summed E-state index contributed by atoms with van der Waals surface area (Å²) in [6, 6.07) is 14.5. The highest BCUT2D eigenvalue weighted by atomic mass is 35.5. The van der Waals surface area contributed by atoms with E-state index in [9.17, 15) is 15.0 Å². The Balaban J connectivity index is 1.31. The van der Waals surface area contributed by atoms with E-state index >= 15 is 0 Å². The van der Waals surface area contributed by atoms with E-state index in [0.29, 0.717) is 32.4 Å². The van der Waals surface area contributed by atoms with Gasteiger partial charge in [0, 0.05) is 16.0 Å². The zero-order chi connectivity index (χ0) is 28.6. The van der Waals surface area contributed by atoms with Crippen LogP contribution in [0.25, 0.3) is 26.3 Å². The molecule has 9 nitrogen and oxygen atoms in total. The SMILES string of the molecule is C=C1[C@@H](O)[C@@H](OC(C)COc2ccc(-n3cnc4cc(-c5ccc(Cl)cc5)sc4c3=O)cc2OC)O[C@H](C)[C@H]1O. The number of rotatable bonds is 8. The molecule has 2 aromatic heterocycles. The zero-order valence-electron chi connectivity index (χ0n) is 22.1. The van der Waals surface area contributed by atoms with Crippen LogP contribution in [-0.2, 0) is 9.47 Å². The molecule has 5 rings (SSSR count). The highest BCUT2D eigenvalue weighted by Crippen LogP contribution is 2.33. The van der Waals surface area contributed by atoms with Crippen molar-refractivity contribution >= 4 is 33.2 Å². The lowest BCUT2D eigenvalue weighted by Gasteiger charge is -2.38. The number of ether oxygens (including phenoxy) is 4. The minimum atomic E-state index is -1.16. The van der Waals surface area contributed by atoms with Crippen molar-refractivity contribution in [3.05, 3.63) is 82.4 Å². The van der Waals surface area contributed by atoms with Crippen molar-refractivity contribution in [2.45, 2.75) is 44.6 Å². The molecule has 0 aliphatic carbocycles. The van der Waals surface area contributed by atoms with Gasteiger partial charge < -0.3 is 29.2 Å². The normalized spacial score (nSPS) is 21.9. The third-order valence-corrected chi connectivity index (χ3v) is 8.06. The molecular weight excluding hydrogens is 556 g/mol. The Kier molecular flexibility index (Phi) is 8.27. The minimum absolute atomic E-state index is 0.127. The van der Waals surface area contributed by atoms with Gasteiger partial charge in [0.05, 0.1) is 30.5 Å². The van der Waals surface area contributed by atoms with Gasteiger partial charge in [-0.1, -0.05) is 30.3 Å². The molecule has 1 fully saturated rings. The number of thiophene rings is 1. The number of hydrogen-bond donors (Lipinski definition) is 2. The van der Waals surface area contributed by atoms with Crippen molar-refractivity contribution in [2.24, 2.45) is 0 Å². The van der Waals surface area contributed by atoms with Crippen molar-refractivity contribution in [3.8, 4) is 27.6 Å². The highest BCUT2D eigenvalue weighted by Gasteiger charge is 2.38. The van der Waals surface area contributed by atoms with Crippen LogP contribution in [0, 0.1) is 0 Å². The molecule has 1 aliphatic rings. The summed E-state index contributed by atoms with van der Waals surface area (Å²) >= 11 is 7.38.